The summed E-state index contributed by atoms with van der Waals surface area (Å²) in [6.45, 7) is 4.78. The molecular formula is C21H24N2O6S2. The molecule has 0 spiro atoms. The zero-order valence-electron chi connectivity index (χ0n) is 17.5. The predicted molar refractivity (Wildman–Crippen MR) is 121 cm³/mol. The van der Waals surface area contributed by atoms with Gasteiger partial charge < -0.3 is 4.74 Å². The molecule has 1 N–H and O–H groups in total. The maximum Gasteiger partial charge on any atom is 0.341 e. The molecule has 1 aromatic heterocycles. The van der Waals surface area contributed by atoms with Gasteiger partial charge in [-0.3, -0.25) is 4.72 Å². The van der Waals surface area contributed by atoms with E-state index in [1.807, 2.05) is 0 Å². The molecule has 0 unspecified atom stereocenters. The van der Waals surface area contributed by atoms with E-state index in [2.05, 4.69) is 4.72 Å². The number of ether oxygens (including phenoxy) is 1. The number of benzene rings is 2. The molecular weight excluding hydrogens is 440 g/mol. The Morgan fingerprint density at radius 3 is 2.23 bits per heavy atom. The minimum absolute atomic E-state index is 0.0672. The van der Waals surface area contributed by atoms with Crippen LogP contribution in [0.25, 0.3) is 22.2 Å². The first-order chi connectivity index (χ1) is 14.6. The molecule has 10 heteroatoms. The Hall–Kier alpha value is -2.85. The average molecular weight is 465 g/mol. The molecule has 8 nitrogen and oxygen atoms in total. The molecule has 0 saturated carbocycles. The second-order valence-corrected chi connectivity index (χ2v) is 10.8. The second kappa shape index (κ2) is 8.72. The van der Waals surface area contributed by atoms with Crippen molar-refractivity contribution in [3.8, 4) is 11.3 Å². The Labute approximate surface area is 181 Å². The standard InChI is InChI=1S/C21H24N2O6S2/c1-4-29-21(24)19-17-14-16(22-30(25,26)5-2)12-13-18(17)23(31(27,28)6-3)20(19)15-10-8-7-9-11-15/h7-14,22H,4-6H2,1-3H3. The first kappa shape index (κ1) is 22.8. The summed E-state index contributed by atoms with van der Waals surface area (Å²) in [6, 6.07) is 13.1. The van der Waals surface area contributed by atoms with Crippen molar-refractivity contribution in [2.45, 2.75) is 20.8 Å². The lowest BCUT2D eigenvalue weighted by Gasteiger charge is -2.12. The molecule has 166 valence electrons. The normalized spacial score (nSPS) is 12.1. The highest BCUT2D eigenvalue weighted by Gasteiger charge is 2.30. The predicted octanol–water partition coefficient (Wildman–Crippen LogP) is 3.44. The van der Waals surface area contributed by atoms with Gasteiger partial charge in [0.2, 0.25) is 20.0 Å². The van der Waals surface area contributed by atoms with Gasteiger partial charge in [0.1, 0.15) is 0 Å². The largest absolute Gasteiger partial charge is 0.462 e. The lowest BCUT2D eigenvalue weighted by Crippen LogP contribution is -2.17. The van der Waals surface area contributed by atoms with Crippen LogP contribution in [-0.2, 0) is 24.8 Å². The number of aromatic nitrogens is 1. The number of esters is 1. The van der Waals surface area contributed by atoms with E-state index >= 15 is 0 Å². The summed E-state index contributed by atoms with van der Waals surface area (Å²) in [5, 5.41) is 0.283. The van der Waals surface area contributed by atoms with Crippen LogP contribution < -0.4 is 4.72 Å². The van der Waals surface area contributed by atoms with Crippen LogP contribution in [0.5, 0.6) is 0 Å². The molecule has 0 aliphatic carbocycles. The molecule has 0 fully saturated rings. The number of hydrogen-bond donors (Lipinski definition) is 1. The van der Waals surface area contributed by atoms with E-state index in [1.54, 1.807) is 37.3 Å². The number of hydrogen-bond acceptors (Lipinski definition) is 6. The van der Waals surface area contributed by atoms with Crippen LogP contribution in [0, 0.1) is 0 Å². The topological polar surface area (TPSA) is 112 Å². The van der Waals surface area contributed by atoms with Crippen LogP contribution in [0.2, 0.25) is 0 Å². The first-order valence-electron chi connectivity index (χ1n) is 9.79. The summed E-state index contributed by atoms with van der Waals surface area (Å²) in [7, 11) is -7.38. The number of carbonyl (C=O) groups is 1. The molecule has 0 aliphatic heterocycles. The molecule has 1 heterocycles. The van der Waals surface area contributed by atoms with Crippen LogP contribution in [0.15, 0.2) is 48.5 Å². The highest BCUT2D eigenvalue weighted by atomic mass is 32.2. The smallest absolute Gasteiger partial charge is 0.341 e. The Morgan fingerprint density at radius 1 is 0.968 bits per heavy atom. The van der Waals surface area contributed by atoms with E-state index in [0.717, 1.165) is 3.97 Å². The third-order valence-corrected chi connectivity index (χ3v) is 7.72. The van der Waals surface area contributed by atoms with Gasteiger partial charge >= 0.3 is 5.97 Å². The van der Waals surface area contributed by atoms with Crippen LogP contribution in [-0.4, -0.2) is 44.9 Å². The Balaban J connectivity index is 2.46. The average Bonchev–Trinajstić information content (AvgIpc) is 3.09. The Bertz CT molecular complexity index is 1330. The highest BCUT2D eigenvalue weighted by molar-refractivity contribution is 7.92. The van der Waals surface area contributed by atoms with Crippen LogP contribution in [0.1, 0.15) is 31.1 Å². The van der Waals surface area contributed by atoms with Gasteiger partial charge in [-0.15, -0.1) is 0 Å². The van der Waals surface area contributed by atoms with Gasteiger partial charge in [-0.25, -0.2) is 25.6 Å². The molecule has 3 aromatic rings. The van der Waals surface area contributed by atoms with E-state index in [0.29, 0.717) is 5.56 Å². The van der Waals surface area contributed by atoms with E-state index < -0.39 is 26.0 Å². The van der Waals surface area contributed by atoms with Gasteiger partial charge in [-0.05, 0) is 39.0 Å². The number of carbonyl (C=O) groups excluding carboxylic acids is 1. The summed E-state index contributed by atoms with van der Waals surface area (Å²) in [6.07, 6.45) is 0. The van der Waals surface area contributed by atoms with Crippen molar-refractivity contribution in [1.29, 1.82) is 0 Å². The zero-order chi connectivity index (χ0) is 22.8. The first-order valence-corrected chi connectivity index (χ1v) is 13.1. The molecule has 0 atom stereocenters. The fourth-order valence-electron chi connectivity index (χ4n) is 3.26. The second-order valence-electron chi connectivity index (χ2n) is 6.71. The van der Waals surface area contributed by atoms with Crippen molar-refractivity contribution < 1.29 is 26.4 Å². The zero-order valence-corrected chi connectivity index (χ0v) is 19.1. The third kappa shape index (κ3) is 4.45. The molecule has 0 bridgehead atoms. The van der Waals surface area contributed by atoms with Crippen molar-refractivity contribution in [3.05, 3.63) is 54.1 Å². The van der Waals surface area contributed by atoms with Gasteiger partial charge in [0.25, 0.3) is 0 Å². The minimum Gasteiger partial charge on any atom is -0.462 e. The summed E-state index contributed by atoms with van der Waals surface area (Å²) < 4.78 is 59.0. The number of nitrogens with zero attached hydrogens (tertiary/aromatic N) is 1. The molecule has 0 radical (unpaired) electrons. The lowest BCUT2D eigenvalue weighted by molar-refractivity contribution is 0.0529. The van der Waals surface area contributed by atoms with Gasteiger partial charge in [0.15, 0.2) is 0 Å². The maximum absolute atomic E-state index is 13.1. The molecule has 31 heavy (non-hydrogen) atoms. The van der Waals surface area contributed by atoms with Crippen molar-refractivity contribution in [3.63, 3.8) is 0 Å². The van der Waals surface area contributed by atoms with Crippen LogP contribution >= 0.6 is 0 Å². The summed E-state index contributed by atoms with van der Waals surface area (Å²) in [5.74, 6) is -1.01. The van der Waals surface area contributed by atoms with Crippen molar-refractivity contribution in [2.75, 3.05) is 22.8 Å². The van der Waals surface area contributed by atoms with Crippen molar-refractivity contribution in [1.82, 2.24) is 3.97 Å². The fourth-order valence-corrected chi connectivity index (χ4v) is 5.09. The quantitative estimate of drug-likeness (QED) is 0.511. The minimum atomic E-state index is -3.81. The van der Waals surface area contributed by atoms with E-state index in [4.69, 9.17) is 4.74 Å². The Morgan fingerprint density at radius 2 is 1.65 bits per heavy atom. The van der Waals surface area contributed by atoms with Gasteiger partial charge in [-0.2, -0.15) is 0 Å². The van der Waals surface area contributed by atoms with Gasteiger partial charge in [0.05, 0.1) is 34.9 Å². The molecule has 0 aliphatic rings. The van der Waals surface area contributed by atoms with Crippen LogP contribution in [0.3, 0.4) is 0 Å². The SMILES string of the molecule is CCOC(=O)c1c(-c2ccccc2)n(S(=O)(=O)CC)c2ccc(NS(=O)(=O)CC)cc12. The molecule has 3 rings (SSSR count). The third-order valence-electron chi connectivity index (χ3n) is 4.75. The van der Waals surface area contributed by atoms with Crippen molar-refractivity contribution >= 4 is 42.6 Å². The van der Waals surface area contributed by atoms with Gasteiger partial charge in [-0.1, -0.05) is 30.3 Å². The van der Waals surface area contributed by atoms with Crippen molar-refractivity contribution in [2.24, 2.45) is 0 Å². The highest BCUT2D eigenvalue weighted by Crippen LogP contribution is 2.37. The van der Waals surface area contributed by atoms with E-state index in [1.165, 1.54) is 32.0 Å². The summed E-state index contributed by atoms with van der Waals surface area (Å²) >= 11 is 0. The number of nitrogens with one attached hydrogen (secondary N) is 1. The number of anilines is 1. The summed E-state index contributed by atoms with van der Waals surface area (Å²) in [5.41, 5.74) is 1.27. The van der Waals surface area contributed by atoms with E-state index in [9.17, 15) is 21.6 Å². The monoisotopic (exact) mass is 464 g/mol. The van der Waals surface area contributed by atoms with Gasteiger partial charge in [0, 0.05) is 16.6 Å². The molecule has 0 saturated heterocycles. The van der Waals surface area contributed by atoms with E-state index in [-0.39, 0.29) is 46.0 Å². The number of rotatable bonds is 8. The summed E-state index contributed by atoms with van der Waals surface area (Å²) in [4.78, 5) is 13.0. The lowest BCUT2D eigenvalue weighted by atomic mass is 10.1. The Kier molecular flexibility index (Phi) is 6.42. The molecule has 2 aromatic carbocycles. The number of fused-ring (bicyclic) bond motifs is 1. The fraction of sp³-hybridized carbons (Fsp3) is 0.286. The number of sulfonamides is 1. The van der Waals surface area contributed by atoms with Crippen LogP contribution in [0.4, 0.5) is 5.69 Å². The maximum atomic E-state index is 13.1. The molecule has 0 amide bonds.